The van der Waals surface area contributed by atoms with E-state index in [2.05, 4.69) is 0 Å². The largest absolute Gasteiger partial charge is 0.416 e. The van der Waals surface area contributed by atoms with Gasteiger partial charge in [-0.1, -0.05) is 12.1 Å². The van der Waals surface area contributed by atoms with Gasteiger partial charge in [-0.25, -0.2) is 12.8 Å². The summed E-state index contributed by atoms with van der Waals surface area (Å²) in [5, 5.41) is 0. The number of amides is 3. The molecule has 1 aliphatic carbocycles. The zero-order chi connectivity index (χ0) is 29.4. The summed E-state index contributed by atoms with van der Waals surface area (Å²) < 4.78 is 79.8. The molecule has 3 unspecified atom stereocenters. The molecule has 0 spiro atoms. The number of likely N-dealkylation sites (tertiary alicyclic amines) is 2. The number of halogens is 4. The highest BCUT2D eigenvalue weighted by Crippen LogP contribution is 2.67. The van der Waals surface area contributed by atoms with Crippen molar-refractivity contribution < 1.29 is 40.4 Å². The number of carbonyl (C=O) groups excluding carboxylic acids is 3. The summed E-state index contributed by atoms with van der Waals surface area (Å²) in [5.41, 5.74) is 3.18. The third-order valence-corrected chi connectivity index (χ3v) is 9.60. The number of benzene rings is 2. The zero-order valence-electron chi connectivity index (χ0n) is 21.6. The molecule has 214 valence electrons. The minimum atomic E-state index is -4.78. The van der Waals surface area contributed by atoms with Gasteiger partial charge in [0, 0.05) is 37.8 Å². The summed E-state index contributed by atoms with van der Waals surface area (Å²) in [5.74, 6) is -4.72. The molecule has 5 atom stereocenters. The predicted octanol–water partition coefficient (Wildman–Crippen LogP) is 2.97. The van der Waals surface area contributed by atoms with Crippen molar-refractivity contribution in [1.82, 2.24) is 9.80 Å². The summed E-state index contributed by atoms with van der Waals surface area (Å²) in [4.78, 5) is 41.7. The SMILES string of the molecule is CN1C[C@@H]([C@H](c2ccc(C(F)(F)F)cc2F)C23CC2CC(C(N)=O)N3C(=O)c2cccc(S(C)(=O)=O)c2)CC1=O. The number of nitrogens with two attached hydrogens (primary N) is 1. The highest BCUT2D eigenvalue weighted by molar-refractivity contribution is 7.90. The van der Waals surface area contributed by atoms with Crippen molar-refractivity contribution in [3.05, 3.63) is 65.0 Å². The Hall–Kier alpha value is -3.48. The van der Waals surface area contributed by atoms with Crippen LogP contribution in [0.3, 0.4) is 0 Å². The molecular weight excluding hydrogens is 554 g/mol. The van der Waals surface area contributed by atoms with Crippen molar-refractivity contribution in [2.24, 2.45) is 17.6 Å². The molecule has 3 aliphatic rings. The molecule has 0 radical (unpaired) electrons. The second-order valence-corrected chi connectivity index (χ2v) is 13.0. The quantitative estimate of drug-likeness (QED) is 0.527. The van der Waals surface area contributed by atoms with Crippen LogP contribution in [-0.4, -0.2) is 67.4 Å². The predicted molar refractivity (Wildman–Crippen MR) is 134 cm³/mol. The third-order valence-electron chi connectivity index (χ3n) is 8.49. The number of hydrogen-bond donors (Lipinski definition) is 1. The van der Waals surface area contributed by atoms with Crippen LogP contribution in [0.5, 0.6) is 0 Å². The first-order valence-electron chi connectivity index (χ1n) is 12.6. The number of primary amides is 1. The molecule has 1 saturated carbocycles. The molecule has 2 N–H and O–H groups in total. The van der Waals surface area contributed by atoms with Crippen LogP contribution in [0.25, 0.3) is 0 Å². The molecule has 2 aromatic carbocycles. The second-order valence-electron chi connectivity index (χ2n) is 11.0. The van der Waals surface area contributed by atoms with E-state index in [0.29, 0.717) is 12.5 Å². The summed E-state index contributed by atoms with van der Waals surface area (Å²) in [6, 6.07) is 6.37. The van der Waals surface area contributed by atoms with Gasteiger partial charge in [0.2, 0.25) is 11.8 Å². The molecule has 13 heteroatoms. The van der Waals surface area contributed by atoms with E-state index in [1.54, 1.807) is 7.05 Å². The van der Waals surface area contributed by atoms with Gasteiger partial charge in [0.15, 0.2) is 9.84 Å². The number of piperidine rings is 1. The summed E-state index contributed by atoms with van der Waals surface area (Å²) in [7, 11) is -2.12. The summed E-state index contributed by atoms with van der Waals surface area (Å²) in [6.45, 7) is 0.172. The van der Waals surface area contributed by atoms with E-state index in [4.69, 9.17) is 5.73 Å². The molecule has 0 bridgehead atoms. The fraction of sp³-hybridized carbons (Fsp3) is 0.444. The topological polar surface area (TPSA) is 118 Å². The van der Waals surface area contributed by atoms with Crippen molar-refractivity contribution >= 4 is 27.6 Å². The normalized spacial score (nSPS) is 27.1. The lowest BCUT2D eigenvalue weighted by Crippen LogP contribution is -2.54. The summed E-state index contributed by atoms with van der Waals surface area (Å²) >= 11 is 0. The van der Waals surface area contributed by atoms with Gasteiger partial charge in [0.05, 0.1) is 16.0 Å². The number of hydrogen-bond acceptors (Lipinski definition) is 5. The van der Waals surface area contributed by atoms with E-state index in [1.165, 1.54) is 34.1 Å². The Morgan fingerprint density at radius 3 is 2.40 bits per heavy atom. The number of carbonyl (C=O) groups is 3. The Morgan fingerprint density at radius 1 is 1.15 bits per heavy atom. The van der Waals surface area contributed by atoms with Crippen molar-refractivity contribution in [3.8, 4) is 0 Å². The van der Waals surface area contributed by atoms with Gasteiger partial charge in [0.1, 0.15) is 11.9 Å². The minimum Gasteiger partial charge on any atom is -0.368 e. The van der Waals surface area contributed by atoms with Gasteiger partial charge < -0.3 is 15.5 Å². The van der Waals surface area contributed by atoms with Crippen LogP contribution in [0.4, 0.5) is 17.6 Å². The molecule has 3 amide bonds. The van der Waals surface area contributed by atoms with E-state index in [-0.39, 0.29) is 47.2 Å². The average Bonchev–Trinajstić information content (AvgIpc) is 3.32. The first-order valence-corrected chi connectivity index (χ1v) is 14.5. The van der Waals surface area contributed by atoms with Gasteiger partial charge in [0.25, 0.3) is 5.91 Å². The molecule has 8 nitrogen and oxygen atoms in total. The Kier molecular flexibility index (Phi) is 6.51. The molecule has 40 heavy (non-hydrogen) atoms. The number of fused-ring (bicyclic) bond motifs is 1. The van der Waals surface area contributed by atoms with E-state index < -0.39 is 62.6 Å². The van der Waals surface area contributed by atoms with Crippen LogP contribution in [0.2, 0.25) is 0 Å². The highest BCUT2D eigenvalue weighted by atomic mass is 32.2. The Balaban J connectivity index is 1.66. The van der Waals surface area contributed by atoms with Crippen LogP contribution < -0.4 is 5.73 Å². The lowest BCUT2D eigenvalue weighted by molar-refractivity contribution is -0.137. The molecular formula is C27H27F4N3O5S. The molecule has 0 aromatic heterocycles. The van der Waals surface area contributed by atoms with Gasteiger partial charge in [-0.05, 0) is 60.6 Å². The number of rotatable bonds is 6. The number of sulfone groups is 1. The smallest absolute Gasteiger partial charge is 0.368 e. The number of alkyl halides is 3. The maximum absolute atomic E-state index is 15.6. The average molecular weight is 582 g/mol. The van der Waals surface area contributed by atoms with Crippen LogP contribution in [0, 0.1) is 17.7 Å². The molecule has 2 saturated heterocycles. The van der Waals surface area contributed by atoms with Crippen LogP contribution in [0.15, 0.2) is 47.4 Å². The van der Waals surface area contributed by atoms with E-state index in [9.17, 15) is 36.0 Å². The van der Waals surface area contributed by atoms with Crippen molar-refractivity contribution in [2.45, 2.75) is 47.8 Å². The molecule has 2 heterocycles. The lowest BCUT2D eigenvalue weighted by Gasteiger charge is -2.41. The van der Waals surface area contributed by atoms with E-state index >= 15 is 4.39 Å². The van der Waals surface area contributed by atoms with Crippen molar-refractivity contribution in [2.75, 3.05) is 19.8 Å². The Morgan fingerprint density at radius 2 is 1.85 bits per heavy atom. The van der Waals surface area contributed by atoms with Gasteiger partial charge >= 0.3 is 6.18 Å². The van der Waals surface area contributed by atoms with E-state index in [0.717, 1.165) is 18.4 Å². The fourth-order valence-corrected chi connectivity index (χ4v) is 7.36. The monoisotopic (exact) mass is 581 g/mol. The highest BCUT2D eigenvalue weighted by Gasteiger charge is 2.72. The van der Waals surface area contributed by atoms with Crippen molar-refractivity contribution in [1.29, 1.82) is 0 Å². The molecule has 2 aromatic rings. The molecule has 5 rings (SSSR count). The molecule has 2 aliphatic heterocycles. The van der Waals surface area contributed by atoms with Gasteiger partial charge in [-0.15, -0.1) is 0 Å². The number of nitrogens with zero attached hydrogens (tertiary/aromatic N) is 2. The summed E-state index contributed by atoms with van der Waals surface area (Å²) in [6.07, 6.45) is -3.36. The standard InChI is InChI=1S/C27H27F4N3O5S/c1-33-13-15(9-22(33)35)23(19-7-6-16(10-20(19)28)27(29,30)31)26-12-17(26)11-21(24(32)36)34(26)25(37)14-4-3-5-18(8-14)40(2,38)39/h3-8,10,15,17,21,23H,9,11-13H2,1-2H3,(H2,32,36)/t15-,17?,21?,23+,26?/m0/s1. The Bertz CT molecular complexity index is 1530. The minimum absolute atomic E-state index is 0.0249. The van der Waals surface area contributed by atoms with Crippen LogP contribution >= 0.6 is 0 Å². The zero-order valence-corrected chi connectivity index (χ0v) is 22.4. The first-order chi connectivity index (χ1) is 18.6. The second kappa shape index (κ2) is 9.28. The van der Waals surface area contributed by atoms with Crippen molar-refractivity contribution in [3.63, 3.8) is 0 Å². The van der Waals surface area contributed by atoms with Crippen LogP contribution in [0.1, 0.15) is 46.7 Å². The van der Waals surface area contributed by atoms with E-state index in [1.807, 2.05) is 0 Å². The van der Waals surface area contributed by atoms with Gasteiger partial charge in [-0.3, -0.25) is 14.4 Å². The molecule has 3 fully saturated rings. The fourth-order valence-electron chi connectivity index (χ4n) is 6.70. The lowest BCUT2D eigenvalue weighted by atomic mass is 9.76. The van der Waals surface area contributed by atoms with Crippen LogP contribution in [-0.2, 0) is 25.6 Å². The maximum atomic E-state index is 15.6. The Labute approximate surface area is 228 Å². The first kappa shape index (κ1) is 28.1. The third kappa shape index (κ3) is 4.53. The maximum Gasteiger partial charge on any atom is 0.416 e. The van der Waals surface area contributed by atoms with Gasteiger partial charge in [-0.2, -0.15) is 13.2 Å².